The minimum atomic E-state index is 0.855. The molecule has 0 spiro atoms. The number of anilines is 2. The highest BCUT2D eigenvalue weighted by molar-refractivity contribution is 14.1. The van der Waals surface area contributed by atoms with E-state index in [2.05, 4.69) is 63.9 Å². The van der Waals surface area contributed by atoms with Gasteiger partial charge in [0, 0.05) is 22.3 Å². The zero-order valence-corrected chi connectivity index (χ0v) is 11.5. The van der Waals surface area contributed by atoms with E-state index in [4.69, 9.17) is 5.73 Å². The molecule has 17 heavy (non-hydrogen) atoms. The van der Waals surface area contributed by atoms with E-state index in [1.807, 2.05) is 6.07 Å². The van der Waals surface area contributed by atoms with E-state index in [9.17, 15) is 0 Å². The van der Waals surface area contributed by atoms with Gasteiger partial charge in [0.1, 0.15) is 0 Å². The molecule has 0 saturated heterocycles. The summed E-state index contributed by atoms with van der Waals surface area (Å²) in [4.78, 5) is 2.39. The molecule has 0 unspecified atom stereocenters. The summed E-state index contributed by atoms with van der Waals surface area (Å²) in [6.07, 6.45) is 0. The Morgan fingerprint density at radius 3 is 2.59 bits per heavy atom. The monoisotopic (exact) mass is 336 g/mol. The predicted molar refractivity (Wildman–Crippen MR) is 79.9 cm³/mol. The molecule has 86 valence electrons. The summed E-state index contributed by atoms with van der Waals surface area (Å²) in [7, 11) is 0. The molecule has 0 aliphatic carbocycles. The highest BCUT2D eigenvalue weighted by Crippen LogP contribution is 2.31. The number of nitrogens with two attached hydrogens (primary N) is 1. The second-order valence-electron chi connectivity index (χ2n) is 4.34. The summed E-state index contributed by atoms with van der Waals surface area (Å²) < 4.78 is 1.30. The first-order chi connectivity index (χ1) is 8.24. The molecule has 1 aliphatic heterocycles. The van der Waals surface area contributed by atoms with Gasteiger partial charge in [0.15, 0.2) is 0 Å². The minimum absolute atomic E-state index is 0.855. The fraction of sp³-hybridized carbons (Fsp3) is 0.143. The third-order valence-corrected chi connectivity index (χ3v) is 4.06. The maximum absolute atomic E-state index is 5.82. The summed E-state index contributed by atoms with van der Waals surface area (Å²) in [6, 6.07) is 14.7. The lowest BCUT2D eigenvalue weighted by Gasteiger charge is -2.19. The third-order valence-electron chi connectivity index (χ3n) is 3.15. The van der Waals surface area contributed by atoms with E-state index in [0.29, 0.717) is 0 Å². The molecule has 0 atom stereocenters. The maximum Gasteiger partial charge on any atom is 0.0507 e. The van der Waals surface area contributed by atoms with Gasteiger partial charge in [-0.25, -0.2) is 0 Å². The van der Waals surface area contributed by atoms with E-state index in [1.165, 1.54) is 20.4 Å². The molecular formula is C14H13IN2. The van der Waals surface area contributed by atoms with Crippen LogP contribution in [0.15, 0.2) is 42.5 Å². The van der Waals surface area contributed by atoms with Gasteiger partial charge in [-0.2, -0.15) is 0 Å². The van der Waals surface area contributed by atoms with Crippen LogP contribution in [0.1, 0.15) is 11.1 Å². The van der Waals surface area contributed by atoms with Crippen LogP contribution in [0, 0.1) is 3.57 Å². The maximum atomic E-state index is 5.82. The van der Waals surface area contributed by atoms with Gasteiger partial charge in [0.25, 0.3) is 0 Å². The smallest absolute Gasteiger partial charge is 0.0507 e. The van der Waals surface area contributed by atoms with Gasteiger partial charge in [-0.1, -0.05) is 18.2 Å². The molecule has 0 amide bonds. The van der Waals surface area contributed by atoms with Gasteiger partial charge in [-0.3, -0.25) is 0 Å². The third kappa shape index (κ3) is 1.99. The normalized spacial score (nSPS) is 13.8. The van der Waals surface area contributed by atoms with E-state index in [0.717, 1.165) is 18.8 Å². The number of para-hydroxylation sites is 1. The first kappa shape index (κ1) is 10.9. The SMILES string of the molecule is Nc1ccc2c(c1)CN(c1ccccc1I)C2. The number of benzene rings is 2. The molecule has 1 heterocycles. The van der Waals surface area contributed by atoms with Crippen LogP contribution in [0.2, 0.25) is 0 Å². The van der Waals surface area contributed by atoms with Crippen molar-refractivity contribution in [1.29, 1.82) is 0 Å². The van der Waals surface area contributed by atoms with Crippen molar-refractivity contribution in [2.75, 3.05) is 10.6 Å². The quantitative estimate of drug-likeness (QED) is 0.639. The Morgan fingerprint density at radius 2 is 1.76 bits per heavy atom. The highest BCUT2D eigenvalue weighted by Gasteiger charge is 2.20. The Balaban J connectivity index is 1.94. The Labute approximate surface area is 115 Å². The summed E-state index contributed by atoms with van der Waals surface area (Å²) in [5.74, 6) is 0. The second kappa shape index (κ2) is 4.22. The van der Waals surface area contributed by atoms with E-state index in [1.54, 1.807) is 0 Å². The summed E-state index contributed by atoms with van der Waals surface area (Å²) in [5.41, 5.74) is 10.7. The van der Waals surface area contributed by atoms with Crippen molar-refractivity contribution in [2.45, 2.75) is 13.1 Å². The fourth-order valence-electron chi connectivity index (χ4n) is 2.29. The Kier molecular flexibility index (Phi) is 2.70. The lowest BCUT2D eigenvalue weighted by atomic mass is 10.1. The van der Waals surface area contributed by atoms with Crippen LogP contribution in [-0.4, -0.2) is 0 Å². The minimum Gasteiger partial charge on any atom is -0.399 e. The van der Waals surface area contributed by atoms with Crippen LogP contribution in [0.3, 0.4) is 0 Å². The van der Waals surface area contributed by atoms with Gasteiger partial charge >= 0.3 is 0 Å². The van der Waals surface area contributed by atoms with Crippen molar-refractivity contribution in [3.63, 3.8) is 0 Å². The largest absolute Gasteiger partial charge is 0.399 e. The van der Waals surface area contributed by atoms with Crippen LogP contribution >= 0.6 is 22.6 Å². The number of fused-ring (bicyclic) bond motifs is 1. The van der Waals surface area contributed by atoms with Crippen LogP contribution in [0.25, 0.3) is 0 Å². The van der Waals surface area contributed by atoms with E-state index >= 15 is 0 Å². The Hall–Kier alpha value is -1.23. The van der Waals surface area contributed by atoms with Gasteiger partial charge < -0.3 is 10.6 Å². The van der Waals surface area contributed by atoms with Crippen molar-refractivity contribution >= 4 is 34.0 Å². The number of hydrogen-bond donors (Lipinski definition) is 1. The summed E-state index contributed by atoms with van der Waals surface area (Å²) >= 11 is 2.39. The van der Waals surface area contributed by atoms with E-state index < -0.39 is 0 Å². The number of rotatable bonds is 1. The standard InChI is InChI=1S/C14H13IN2/c15-13-3-1-2-4-14(13)17-8-10-5-6-12(16)7-11(10)9-17/h1-7H,8-9,16H2. The first-order valence-corrected chi connectivity index (χ1v) is 6.68. The molecule has 0 saturated carbocycles. The van der Waals surface area contributed by atoms with Crippen molar-refractivity contribution in [3.8, 4) is 0 Å². The molecule has 3 heteroatoms. The first-order valence-electron chi connectivity index (χ1n) is 5.61. The van der Waals surface area contributed by atoms with Crippen LogP contribution in [-0.2, 0) is 13.1 Å². The van der Waals surface area contributed by atoms with Gasteiger partial charge in [0.2, 0.25) is 0 Å². The summed E-state index contributed by atoms with van der Waals surface area (Å²) in [6.45, 7) is 1.94. The average Bonchev–Trinajstić information content (AvgIpc) is 2.72. The Bertz CT molecular complexity index is 566. The molecule has 2 N–H and O–H groups in total. The average molecular weight is 336 g/mol. The van der Waals surface area contributed by atoms with Crippen LogP contribution in [0.4, 0.5) is 11.4 Å². The molecule has 0 radical (unpaired) electrons. The molecule has 0 bridgehead atoms. The van der Waals surface area contributed by atoms with Gasteiger partial charge in [0.05, 0.1) is 5.69 Å². The summed E-state index contributed by atoms with van der Waals surface area (Å²) in [5, 5.41) is 0. The number of nitrogens with zero attached hydrogens (tertiary/aromatic N) is 1. The van der Waals surface area contributed by atoms with Crippen LogP contribution < -0.4 is 10.6 Å². The van der Waals surface area contributed by atoms with Crippen LogP contribution in [0.5, 0.6) is 0 Å². The number of halogens is 1. The zero-order chi connectivity index (χ0) is 11.8. The van der Waals surface area contributed by atoms with E-state index in [-0.39, 0.29) is 0 Å². The Morgan fingerprint density at radius 1 is 1.00 bits per heavy atom. The lowest BCUT2D eigenvalue weighted by molar-refractivity contribution is 0.877. The van der Waals surface area contributed by atoms with Gasteiger partial charge in [-0.15, -0.1) is 0 Å². The fourth-order valence-corrected chi connectivity index (χ4v) is 3.02. The van der Waals surface area contributed by atoms with Crippen molar-refractivity contribution in [2.24, 2.45) is 0 Å². The molecule has 0 aromatic heterocycles. The van der Waals surface area contributed by atoms with Crippen molar-refractivity contribution in [3.05, 3.63) is 57.2 Å². The predicted octanol–water partition coefficient (Wildman–Crippen LogP) is 3.39. The topological polar surface area (TPSA) is 29.3 Å². The molecular weight excluding hydrogens is 323 g/mol. The van der Waals surface area contributed by atoms with Crippen molar-refractivity contribution in [1.82, 2.24) is 0 Å². The number of hydrogen-bond acceptors (Lipinski definition) is 2. The molecule has 0 fully saturated rings. The second-order valence-corrected chi connectivity index (χ2v) is 5.50. The van der Waals surface area contributed by atoms with Crippen molar-refractivity contribution < 1.29 is 0 Å². The molecule has 2 aromatic rings. The molecule has 2 nitrogen and oxygen atoms in total. The molecule has 3 rings (SSSR count). The number of nitrogen functional groups attached to an aromatic ring is 1. The molecule has 1 aliphatic rings. The zero-order valence-electron chi connectivity index (χ0n) is 9.36. The highest BCUT2D eigenvalue weighted by atomic mass is 127. The van der Waals surface area contributed by atoms with Gasteiger partial charge in [-0.05, 0) is 58.0 Å². The molecule has 2 aromatic carbocycles. The lowest BCUT2D eigenvalue weighted by Crippen LogP contribution is -2.15.